The third-order valence-corrected chi connectivity index (χ3v) is 8.24. The SMILES string of the molecule is C=C[C@@H]1CC[C@H]2[C@@H]3CCc4cc(OC)ccc4[C@H]3S(=O)C[C@]12O. The third-order valence-electron chi connectivity index (χ3n) is 6.32. The van der Waals surface area contributed by atoms with Crippen molar-refractivity contribution in [1.82, 2.24) is 0 Å². The quantitative estimate of drug-likeness (QED) is 0.847. The van der Waals surface area contributed by atoms with Crippen molar-refractivity contribution >= 4 is 10.8 Å². The minimum Gasteiger partial charge on any atom is -0.497 e. The van der Waals surface area contributed by atoms with Gasteiger partial charge < -0.3 is 9.84 Å². The highest BCUT2D eigenvalue weighted by atomic mass is 32.2. The molecule has 2 aliphatic carbocycles. The van der Waals surface area contributed by atoms with Crippen molar-refractivity contribution in [3.05, 3.63) is 42.0 Å². The number of aliphatic hydroxyl groups is 1. The predicted molar refractivity (Wildman–Crippen MR) is 91.9 cm³/mol. The van der Waals surface area contributed by atoms with E-state index in [0.29, 0.717) is 11.7 Å². The number of ether oxygens (including phenoxy) is 1. The van der Waals surface area contributed by atoms with Crippen LogP contribution in [0.2, 0.25) is 0 Å². The number of benzene rings is 1. The lowest BCUT2D eigenvalue weighted by molar-refractivity contribution is -0.0318. The van der Waals surface area contributed by atoms with Crippen molar-refractivity contribution < 1.29 is 14.1 Å². The van der Waals surface area contributed by atoms with E-state index in [-0.39, 0.29) is 17.1 Å². The maximum atomic E-state index is 13.0. The first-order valence-corrected chi connectivity index (χ1v) is 9.85. The van der Waals surface area contributed by atoms with Crippen LogP contribution in [-0.2, 0) is 17.2 Å². The Bertz CT molecular complexity index is 671. The van der Waals surface area contributed by atoms with Gasteiger partial charge in [0.1, 0.15) is 5.75 Å². The van der Waals surface area contributed by atoms with Gasteiger partial charge in [-0.25, -0.2) is 0 Å². The molecule has 0 amide bonds. The average molecular weight is 332 g/mol. The van der Waals surface area contributed by atoms with Crippen molar-refractivity contribution in [3.63, 3.8) is 0 Å². The minimum absolute atomic E-state index is 0.0681. The van der Waals surface area contributed by atoms with Gasteiger partial charge in [-0.05, 0) is 60.8 Å². The van der Waals surface area contributed by atoms with Crippen LogP contribution >= 0.6 is 0 Å². The molecule has 1 heterocycles. The highest BCUT2D eigenvalue weighted by Gasteiger charge is 2.58. The van der Waals surface area contributed by atoms with Crippen molar-refractivity contribution in [2.24, 2.45) is 17.8 Å². The summed E-state index contributed by atoms with van der Waals surface area (Å²) in [6.45, 7) is 3.89. The first-order valence-electron chi connectivity index (χ1n) is 8.47. The molecule has 1 saturated carbocycles. The molecule has 1 saturated heterocycles. The number of fused-ring (bicyclic) bond motifs is 5. The molecule has 3 aliphatic rings. The van der Waals surface area contributed by atoms with E-state index in [1.165, 1.54) is 11.1 Å². The first kappa shape index (κ1) is 15.4. The van der Waals surface area contributed by atoms with Gasteiger partial charge in [0, 0.05) is 16.7 Å². The van der Waals surface area contributed by atoms with E-state index in [1.807, 2.05) is 12.1 Å². The number of rotatable bonds is 2. The van der Waals surface area contributed by atoms with Crippen LogP contribution in [0.25, 0.3) is 0 Å². The van der Waals surface area contributed by atoms with E-state index in [4.69, 9.17) is 4.74 Å². The molecule has 4 heteroatoms. The summed E-state index contributed by atoms with van der Waals surface area (Å²) in [7, 11) is 0.643. The molecule has 0 radical (unpaired) electrons. The van der Waals surface area contributed by atoms with Crippen molar-refractivity contribution in [2.45, 2.75) is 36.5 Å². The molecule has 0 spiro atoms. The number of hydrogen-bond acceptors (Lipinski definition) is 3. The third kappa shape index (κ3) is 2.14. The fraction of sp³-hybridized carbons (Fsp3) is 0.579. The van der Waals surface area contributed by atoms with E-state index in [1.54, 1.807) is 7.11 Å². The van der Waals surface area contributed by atoms with Gasteiger partial charge in [0.05, 0.1) is 23.7 Å². The fourth-order valence-electron chi connectivity index (χ4n) is 5.23. The monoisotopic (exact) mass is 332 g/mol. The van der Waals surface area contributed by atoms with Gasteiger partial charge in [-0.3, -0.25) is 4.21 Å². The normalized spacial score (nSPS) is 41.6. The standard InChI is InChI=1S/C19H24O3S/c1-3-13-5-9-17-16-7-4-12-10-14(22-2)6-8-15(12)18(16)23(21)11-19(13,17)20/h3,6,8,10,13,16-18,20H,1,4-5,7,9,11H2,2H3/t13-,16+,17+,18-,19+,23?/m1/s1. The van der Waals surface area contributed by atoms with Crippen LogP contribution in [0.3, 0.4) is 0 Å². The molecule has 1 N–H and O–H groups in total. The number of aryl methyl sites for hydroxylation is 1. The molecule has 1 unspecified atom stereocenters. The number of methoxy groups -OCH3 is 1. The number of hydrogen-bond donors (Lipinski definition) is 1. The smallest absolute Gasteiger partial charge is 0.119 e. The summed E-state index contributed by atoms with van der Waals surface area (Å²) in [6, 6.07) is 6.15. The summed E-state index contributed by atoms with van der Waals surface area (Å²) in [4.78, 5) is 0. The van der Waals surface area contributed by atoms with Crippen LogP contribution in [0.15, 0.2) is 30.9 Å². The molecule has 3 nitrogen and oxygen atoms in total. The molecule has 4 rings (SSSR count). The zero-order chi connectivity index (χ0) is 16.2. The molecular formula is C19H24O3S. The molecule has 23 heavy (non-hydrogen) atoms. The lowest BCUT2D eigenvalue weighted by Gasteiger charge is -2.48. The Kier molecular flexibility index (Phi) is 3.65. The zero-order valence-corrected chi connectivity index (χ0v) is 14.3. The second kappa shape index (κ2) is 5.45. The Labute approximate surface area is 140 Å². The maximum Gasteiger partial charge on any atom is 0.119 e. The summed E-state index contributed by atoms with van der Waals surface area (Å²) in [5.74, 6) is 1.92. The van der Waals surface area contributed by atoms with Gasteiger partial charge in [-0.2, -0.15) is 0 Å². The maximum absolute atomic E-state index is 13.0. The topological polar surface area (TPSA) is 46.5 Å². The Morgan fingerprint density at radius 3 is 2.96 bits per heavy atom. The van der Waals surface area contributed by atoms with Gasteiger partial charge in [0.2, 0.25) is 0 Å². The van der Waals surface area contributed by atoms with Crippen LogP contribution in [0.5, 0.6) is 5.75 Å². The zero-order valence-electron chi connectivity index (χ0n) is 13.5. The highest BCUT2D eigenvalue weighted by Crippen LogP contribution is 2.57. The van der Waals surface area contributed by atoms with Gasteiger partial charge in [0.25, 0.3) is 0 Å². The van der Waals surface area contributed by atoms with E-state index in [9.17, 15) is 9.32 Å². The molecule has 1 aliphatic heterocycles. The summed E-state index contributed by atoms with van der Waals surface area (Å²) in [5, 5.41) is 11.3. The Balaban J connectivity index is 1.74. The molecule has 2 fully saturated rings. The summed E-state index contributed by atoms with van der Waals surface area (Å²) < 4.78 is 18.4. The Hall–Kier alpha value is -1.13. The van der Waals surface area contributed by atoms with E-state index in [0.717, 1.165) is 31.4 Å². The summed E-state index contributed by atoms with van der Waals surface area (Å²) >= 11 is 0. The molecule has 0 aromatic heterocycles. The summed E-state index contributed by atoms with van der Waals surface area (Å²) in [5.41, 5.74) is 1.67. The lowest BCUT2D eigenvalue weighted by Crippen LogP contribution is -2.54. The minimum atomic E-state index is -1.04. The molecule has 124 valence electrons. The fourth-order valence-corrected chi connectivity index (χ4v) is 7.52. The molecule has 0 bridgehead atoms. The Morgan fingerprint density at radius 2 is 2.22 bits per heavy atom. The van der Waals surface area contributed by atoms with Gasteiger partial charge in [0.15, 0.2) is 0 Å². The molecular weight excluding hydrogens is 308 g/mol. The molecule has 1 aromatic rings. The van der Waals surface area contributed by atoms with E-state index < -0.39 is 16.4 Å². The molecule has 6 atom stereocenters. The van der Waals surface area contributed by atoms with E-state index >= 15 is 0 Å². The highest BCUT2D eigenvalue weighted by molar-refractivity contribution is 7.85. The van der Waals surface area contributed by atoms with Crippen LogP contribution in [0.1, 0.15) is 35.6 Å². The largest absolute Gasteiger partial charge is 0.497 e. The van der Waals surface area contributed by atoms with Crippen molar-refractivity contribution in [1.29, 1.82) is 0 Å². The van der Waals surface area contributed by atoms with Crippen LogP contribution in [-0.4, -0.2) is 27.8 Å². The summed E-state index contributed by atoms with van der Waals surface area (Å²) in [6.07, 6.45) is 5.86. The van der Waals surface area contributed by atoms with Gasteiger partial charge in [-0.15, -0.1) is 6.58 Å². The van der Waals surface area contributed by atoms with E-state index in [2.05, 4.69) is 18.7 Å². The average Bonchev–Trinajstić information content (AvgIpc) is 2.89. The lowest BCUT2D eigenvalue weighted by atomic mass is 9.70. The van der Waals surface area contributed by atoms with Crippen LogP contribution < -0.4 is 4.74 Å². The second-order valence-electron chi connectivity index (χ2n) is 7.23. The predicted octanol–water partition coefficient (Wildman–Crippen LogP) is 3.00. The van der Waals surface area contributed by atoms with Crippen molar-refractivity contribution in [2.75, 3.05) is 12.9 Å². The van der Waals surface area contributed by atoms with Gasteiger partial charge >= 0.3 is 0 Å². The van der Waals surface area contributed by atoms with Crippen LogP contribution in [0, 0.1) is 17.8 Å². The molecule has 1 aromatic carbocycles. The van der Waals surface area contributed by atoms with Crippen LogP contribution in [0.4, 0.5) is 0 Å². The van der Waals surface area contributed by atoms with Crippen molar-refractivity contribution in [3.8, 4) is 5.75 Å². The second-order valence-corrected chi connectivity index (χ2v) is 8.79. The van der Waals surface area contributed by atoms with Gasteiger partial charge in [-0.1, -0.05) is 12.1 Å². The Morgan fingerprint density at radius 1 is 1.39 bits per heavy atom. The first-order chi connectivity index (χ1) is 11.1.